The fraction of sp³-hybridized carbons (Fsp3) is 0.176. The Kier molecular flexibility index (Phi) is 17.9. The van der Waals surface area contributed by atoms with E-state index in [9.17, 15) is 12.3 Å². The summed E-state index contributed by atoms with van der Waals surface area (Å²) < 4.78 is 116. The molecule has 24 rings (SSSR count). The van der Waals surface area contributed by atoms with Crippen LogP contribution >= 0.6 is 0 Å². The molecule has 0 aliphatic carbocycles. The van der Waals surface area contributed by atoms with Crippen LogP contribution in [0.25, 0.3) is 143 Å². The molecule has 0 atom stereocenters. The summed E-state index contributed by atoms with van der Waals surface area (Å²) in [5.41, 5.74) is 33.5. The van der Waals surface area contributed by atoms with E-state index < -0.39 is 54.4 Å². The predicted molar refractivity (Wildman–Crippen MR) is 590 cm³/mol. The van der Waals surface area contributed by atoms with E-state index in [0.29, 0.717) is 49.8 Å². The molecule has 0 amide bonds. The Morgan fingerprint density at radius 2 is 0.703 bits per heavy atom. The van der Waals surface area contributed by atoms with Gasteiger partial charge in [0.05, 0.1) is 37.1 Å². The van der Waals surface area contributed by atoms with E-state index in [1.165, 1.54) is 81.7 Å². The average Bonchev–Trinajstić information content (AvgIpc) is 1.52. The minimum Gasteiger partial charge on any atom is -0.342 e. The fourth-order valence-corrected chi connectivity index (χ4v) is 22.3. The molecule has 0 N–H and O–H groups in total. The van der Waals surface area contributed by atoms with Gasteiger partial charge < -0.3 is 28.1 Å². The van der Waals surface area contributed by atoms with Crippen molar-refractivity contribution in [1.29, 1.82) is 0 Å². The van der Waals surface area contributed by atoms with E-state index in [1.807, 2.05) is 24.3 Å². The van der Waals surface area contributed by atoms with E-state index in [-0.39, 0.29) is 85.4 Å². The number of aromatic nitrogens is 4. The summed E-state index contributed by atoms with van der Waals surface area (Å²) in [7, 11) is 0. The third-order valence-electron chi connectivity index (χ3n) is 29.4. The van der Waals surface area contributed by atoms with Crippen LogP contribution < -0.4 is 26.2 Å². The van der Waals surface area contributed by atoms with Crippen LogP contribution in [-0.2, 0) is 60.6 Å². The molecule has 0 unspecified atom stereocenters. The maximum atomic E-state index is 11.1. The summed E-state index contributed by atoms with van der Waals surface area (Å²) >= 11 is 0. The highest BCUT2D eigenvalue weighted by Crippen LogP contribution is 2.48. The second kappa shape index (κ2) is 33.4. The Bertz CT molecular complexity index is 8960. The molecule has 0 saturated carbocycles. The molecule has 0 saturated heterocycles. The van der Waals surface area contributed by atoms with Crippen LogP contribution in [0.2, 0.25) is 0 Å². The Morgan fingerprint density at radius 1 is 0.261 bits per heavy atom. The van der Waals surface area contributed by atoms with Crippen molar-refractivity contribution in [2.24, 2.45) is 0 Å². The van der Waals surface area contributed by atoms with E-state index >= 15 is 0 Å². The second-order valence-corrected chi connectivity index (χ2v) is 42.2. The number of benzene rings is 18. The summed E-state index contributed by atoms with van der Waals surface area (Å²) in [4.78, 5) is 5.32. The normalized spacial score (nSPS) is 14.1. The topological polar surface area (TPSA) is 26.2 Å². The molecule has 0 radical (unpaired) electrons. The monoisotopic (exact) mass is 1790 g/mol. The van der Waals surface area contributed by atoms with Gasteiger partial charge in [-0.15, -0.1) is 0 Å². The summed E-state index contributed by atoms with van der Waals surface area (Å²) in [6.07, 6.45) is 1.63. The van der Waals surface area contributed by atoms with Gasteiger partial charge in [0.15, 0.2) is 0 Å². The van der Waals surface area contributed by atoms with Crippen molar-refractivity contribution < 1.29 is 15.1 Å². The van der Waals surface area contributed by atoms with Gasteiger partial charge in [-0.25, -0.2) is 0 Å². The number of nitrogens with zero attached hydrogens (tertiary/aromatic N) is 6. The Labute approximate surface area is 826 Å². The van der Waals surface area contributed by atoms with Crippen molar-refractivity contribution in [3.8, 4) is 55.9 Å². The van der Waals surface area contributed by atoms with Gasteiger partial charge in [0.25, 0.3) is 6.71 Å². The number of rotatable bonds is 18. The lowest BCUT2D eigenvalue weighted by atomic mass is 9.33. The highest BCUT2D eigenvalue weighted by molar-refractivity contribution is 7.00. The number of aryl methyl sites for hydroxylation is 2. The van der Waals surface area contributed by atoms with E-state index in [1.54, 1.807) is 0 Å². The third kappa shape index (κ3) is 14.9. The van der Waals surface area contributed by atoms with E-state index in [4.69, 9.17) is 2.74 Å². The van der Waals surface area contributed by atoms with Crippen molar-refractivity contribution in [3.05, 3.63) is 450 Å². The molecule has 672 valence electrons. The summed E-state index contributed by atoms with van der Waals surface area (Å²) in [5.74, 6) is 0. The highest BCUT2D eigenvalue weighted by Gasteiger charge is 2.44. The number of hydrogen-bond donors (Lipinski definition) is 0. The Balaban J connectivity index is 0.785. The second-order valence-electron chi connectivity index (χ2n) is 42.2. The molecule has 2 aliphatic rings. The lowest BCUT2D eigenvalue weighted by Crippen LogP contribution is -2.62. The Morgan fingerprint density at radius 3 is 1.23 bits per heavy atom. The maximum Gasteiger partial charge on any atom is 0.252 e. The third-order valence-corrected chi connectivity index (χ3v) is 29.4. The first-order valence-electron chi connectivity index (χ1n) is 54.2. The molecule has 2 aliphatic heterocycles. The van der Waals surface area contributed by atoms with Crippen molar-refractivity contribution in [3.63, 3.8) is 0 Å². The van der Waals surface area contributed by atoms with E-state index in [2.05, 4.69) is 410 Å². The van der Waals surface area contributed by atoms with Crippen LogP contribution in [0.1, 0.15) is 154 Å². The van der Waals surface area contributed by atoms with Crippen LogP contribution in [0, 0.1) is 0 Å². The minimum absolute atomic E-state index is 0.108. The number of para-hydroxylation sites is 4. The van der Waals surface area contributed by atoms with Gasteiger partial charge in [-0.2, -0.15) is 0 Å². The van der Waals surface area contributed by atoms with Gasteiger partial charge in [-0.3, -0.25) is 0 Å². The number of hydrogen-bond acceptors (Lipinski definition) is 2. The van der Waals surface area contributed by atoms with E-state index in [0.717, 1.165) is 111 Å². The lowest BCUT2D eigenvalue weighted by molar-refractivity contribution is 0.567. The van der Waals surface area contributed by atoms with Gasteiger partial charge in [0, 0.05) is 125 Å². The standard InChI is InChI=1S/C131H115BN6/c1-128(2,3)93-57-63-117-108(79-93)109-80-94(129(4,5)6)58-64-118(109)135(117)83-87-56-62-114-124(77-87)136(84-112-101(91-39-21-15-22-40-91)49-34-50-102(112)92-41-23-16-24-42-92)126-76-86(67-69-133-115-65-59-97(137-119-51-29-25-43-104(119)105-44-26-30-52-120(105)137)81-110(115)111-82-98(60-66-116(111)133)138-121-53-31-27-45-106(121)107-46-28-32-54-122(107)138)75-125-127(126)132(114)113-61-55-85(71-88-72-95(130(7,8)9)78-96(73-88)131(10,11)12)74-123(113)134(125)70-68-103-99(89-35-17-13-18-36-89)47-33-48-100(103)90-37-19-14-20-38-90/h13-66,72-82H,67-71,83-84H2,1-12H3/i25D,26D,29D,30D,43D,44D,51D,52D,59D,65D,81D. The van der Waals surface area contributed by atoms with Crippen molar-refractivity contribution in [2.75, 3.05) is 16.3 Å². The smallest absolute Gasteiger partial charge is 0.252 e. The molecule has 138 heavy (non-hydrogen) atoms. The predicted octanol–water partition coefficient (Wildman–Crippen LogP) is 31.7. The first-order chi connectivity index (χ1) is 71.5. The number of anilines is 4. The van der Waals surface area contributed by atoms with Gasteiger partial charge in [-0.1, -0.05) is 368 Å². The molecule has 0 fully saturated rings. The largest absolute Gasteiger partial charge is 0.342 e. The van der Waals surface area contributed by atoms with Gasteiger partial charge >= 0.3 is 0 Å². The molecule has 6 heterocycles. The van der Waals surface area contributed by atoms with Gasteiger partial charge in [0.1, 0.15) is 0 Å². The number of fused-ring (bicyclic) bond motifs is 16. The molecular formula is C131H115BN6. The molecule has 4 aromatic heterocycles. The van der Waals surface area contributed by atoms with Crippen LogP contribution in [0.5, 0.6) is 0 Å². The van der Waals surface area contributed by atoms with Gasteiger partial charge in [-0.05, 0) is 267 Å². The van der Waals surface area contributed by atoms with Crippen LogP contribution in [-0.4, -0.2) is 31.5 Å². The fourth-order valence-electron chi connectivity index (χ4n) is 22.3. The maximum absolute atomic E-state index is 11.1. The van der Waals surface area contributed by atoms with Crippen molar-refractivity contribution in [2.45, 2.75) is 144 Å². The summed E-state index contributed by atoms with van der Waals surface area (Å²) in [5, 5.41) is 4.99. The molecular weight excluding hydrogens is 1670 g/mol. The summed E-state index contributed by atoms with van der Waals surface area (Å²) in [6, 6.07) is 115. The molecule has 0 spiro atoms. The quantitative estimate of drug-likeness (QED) is 0.0801. The Hall–Kier alpha value is -15.2. The zero-order valence-electron chi connectivity index (χ0n) is 91.4. The first kappa shape index (κ1) is 74.1. The molecule has 18 aromatic carbocycles. The molecule has 22 aromatic rings. The lowest BCUT2D eigenvalue weighted by Gasteiger charge is -2.45. The zero-order chi connectivity index (χ0) is 103. The van der Waals surface area contributed by atoms with Crippen molar-refractivity contribution in [1.82, 2.24) is 18.3 Å². The van der Waals surface area contributed by atoms with Gasteiger partial charge in [0.2, 0.25) is 0 Å². The summed E-state index contributed by atoms with van der Waals surface area (Å²) in [6.45, 7) is 29.1. The molecule has 0 bridgehead atoms. The zero-order valence-corrected chi connectivity index (χ0v) is 80.4. The van der Waals surface area contributed by atoms with Crippen LogP contribution in [0.4, 0.5) is 22.7 Å². The SMILES string of the molecule is [2H]c1c([2H])c([2H])c2c(c1[2H])c1c([2H])c([2H])c([2H])c([2H])c1n2-c1c([2H])c([2H])c2c(c1[2H])c1cc(-n3c4ccccc4c4ccccc43)ccc1n2CCc1cc2c3c(c1)N(Cc1c(-c4ccccc4)cccc1-c1ccccc1)c1cc(Cn4c5ccc(C(C)(C)C)cc5c5cc(C(C)(C)C)ccc54)ccc1B3c1ccc(Cc3cc(C(C)(C)C)cc(C(C)(C)C)c3)cc1N2CCc1c(-c2ccccc2)cccc1-c1ccccc1. The average molecular weight is 1800 g/mol. The van der Waals surface area contributed by atoms with Crippen LogP contribution in [0.15, 0.2) is 394 Å². The minimum atomic E-state index is -0.632. The highest BCUT2D eigenvalue weighted by atomic mass is 15.2. The van der Waals surface area contributed by atoms with Crippen LogP contribution in [0.3, 0.4) is 0 Å². The van der Waals surface area contributed by atoms with Crippen molar-refractivity contribution >= 4 is 133 Å². The first-order valence-corrected chi connectivity index (χ1v) is 48.7. The molecule has 6 nitrogen and oxygen atoms in total. The molecule has 7 heteroatoms.